The first kappa shape index (κ1) is 45.1. The summed E-state index contributed by atoms with van der Waals surface area (Å²) in [6.45, 7) is 10.8. The number of methoxy groups -OCH3 is 2. The Labute approximate surface area is 328 Å². The molecular formula is C38H56ClN3O11S. The van der Waals surface area contributed by atoms with E-state index in [2.05, 4.69) is 17.9 Å². The second-order valence-electron chi connectivity index (χ2n) is 15.2. The van der Waals surface area contributed by atoms with Gasteiger partial charge >= 0.3 is 12.1 Å². The highest BCUT2D eigenvalue weighted by Crippen LogP contribution is 2.49. The largest absolute Gasteiger partial charge is 0.495 e. The van der Waals surface area contributed by atoms with Crippen molar-refractivity contribution < 1.29 is 53.4 Å². The van der Waals surface area contributed by atoms with E-state index in [0.717, 1.165) is 11.1 Å². The van der Waals surface area contributed by atoms with Gasteiger partial charge in [-0.25, -0.2) is 9.59 Å². The Balaban J connectivity index is 0.00000784. The van der Waals surface area contributed by atoms with Crippen molar-refractivity contribution in [3.05, 3.63) is 46.5 Å². The molecule has 0 spiro atoms. The first-order valence-corrected chi connectivity index (χ1v) is 18.5. The number of fused-ring (bicyclic) bond motifs is 5. The van der Waals surface area contributed by atoms with Crippen molar-refractivity contribution in [3.63, 3.8) is 0 Å². The standard InChI is InChI=1S/C38H54ClN3O10S.H2O/c1-21-12-11-13-28(49-10)38(47)20-27(50-35(46)40-38)22(2)33-37(6,52-33)29(51-34(45)23(3)41(7)30(43)14-15-36(4,5)53)19-31(44)42(8)25-17-24(16-21)18-26(48-9)32(25)39;/h11-13,17-18,22-23,27-29,33,47,53H,14-16,19-20H2,1-10H3,(H,40,46);1H2/b13-11-,21-12-;/t22-,23+,27+,28-,29+,33+,37+,38+;/m1./s1. The number of nitrogens with one attached hydrogen (secondary N) is 1. The molecule has 4 bridgehead atoms. The summed E-state index contributed by atoms with van der Waals surface area (Å²) in [4.78, 5) is 56.5. The normalized spacial score (nSPS) is 30.9. The fraction of sp³-hybridized carbons (Fsp3) is 0.632. The first-order chi connectivity index (χ1) is 24.6. The number of hydrogen-bond acceptors (Lipinski definition) is 11. The number of epoxide rings is 1. The van der Waals surface area contributed by atoms with Crippen molar-refractivity contribution >= 4 is 53.8 Å². The van der Waals surface area contributed by atoms with Crippen LogP contribution in [0.4, 0.5) is 10.5 Å². The van der Waals surface area contributed by atoms with Crippen LogP contribution >= 0.6 is 24.2 Å². The van der Waals surface area contributed by atoms with Crippen molar-refractivity contribution in [2.24, 2.45) is 5.92 Å². The number of aliphatic hydroxyl groups is 1. The predicted octanol–water partition coefficient (Wildman–Crippen LogP) is 4.18. The van der Waals surface area contributed by atoms with Crippen LogP contribution in [0, 0.1) is 5.92 Å². The highest BCUT2D eigenvalue weighted by molar-refractivity contribution is 7.81. The highest BCUT2D eigenvalue weighted by atomic mass is 35.5. The van der Waals surface area contributed by atoms with Crippen molar-refractivity contribution in [2.45, 2.75) is 120 Å². The van der Waals surface area contributed by atoms with Crippen molar-refractivity contribution in [3.8, 4) is 5.75 Å². The predicted molar refractivity (Wildman–Crippen MR) is 207 cm³/mol. The lowest BCUT2D eigenvalue weighted by molar-refractivity contribution is -0.162. The van der Waals surface area contributed by atoms with E-state index in [9.17, 15) is 24.3 Å². The van der Waals surface area contributed by atoms with Gasteiger partial charge in [0.05, 0.1) is 25.3 Å². The number of esters is 1. The zero-order chi connectivity index (χ0) is 39.6. The molecule has 3 aliphatic rings. The minimum Gasteiger partial charge on any atom is -0.495 e. The molecule has 54 heavy (non-hydrogen) atoms. The molecule has 4 N–H and O–H groups in total. The molecule has 16 heteroatoms. The maximum atomic E-state index is 14.1. The minimum absolute atomic E-state index is 0. The molecule has 3 amide bonds. The summed E-state index contributed by atoms with van der Waals surface area (Å²) in [5, 5.41) is 14.5. The van der Waals surface area contributed by atoms with Crippen LogP contribution < -0.4 is 15.0 Å². The van der Waals surface area contributed by atoms with Crippen LogP contribution in [0.5, 0.6) is 5.75 Å². The Morgan fingerprint density at radius 3 is 2.54 bits per heavy atom. The lowest BCUT2D eigenvalue weighted by Crippen LogP contribution is -2.63. The molecule has 3 aliphatic heterocycles. The molecule has 302 valence electrons. The number of amides is 3. The Hall–Kier alpha value is -3.34. The van der Waals surface area contributed by atoms with Gasteiger partial charge in [-0.1, -0.05) is 56.2 Å². The van der Waals surface area contributed by atoms with Gasteiger partial charge in [-0.05, 0) is 51.3 Å². The maximum Gasteiger partial charge on any atom is 0.409 e. The van der Waals surface area contributed by atoms with Gasteiger partial charge < -0.3 is 44.1 Å². The second kappa shape index (κ2) is 17.6. The lowest BCUT2D eigenvalue weighted by Gasteiger charge is -2.42. The minimum atomic E-state index is -1.83. The number of alkyl carbamates (subject to hydrolysis) is 1. The average Bonchev–Trinajstić information content (AvgIpc) is 3.78. The van der Waals surface area contributed by atoms with E-state index in [4.69, 9.17) is 35.3 Å². The van der Waals surface area contributed by atoms with E-state index >= 15 is 0 Å². The summed E-state index contributed by atoms with van der Waals surface area (Å²) >= 11 is 11.3. The zero-order valence-corrected chi connectivity index (χ0v) is 34.4. The number of allylic oxidation sites excluding steroid dienone is 3. The smallest absolute Gasteiger partial charge is 0.409 e. The van der Waals surface area contributed by atoms with Crippen LogP contribution in [-0.2, 0) is 39.8 Å². The van der Waals surface area contributed by atoms with Gasteiger partial charge in [0, 0.05) is 44.7 Å². The maximum absolute atomic E-state index is 14.1. The van der Waals surface area contributed by atoms with Gasteiger partial charge in [-0.2, -0.15) is 12.6 Å². The molecule has 4 rings (SSSR count). The van der Waals surface area contributed by atoms with E-state index < -0.39 is 65.7 Å². The summed E-state index contributed by atoms with van der Waals surface area (Å²) in [6, 6.07) is 2.60. The van der Waals surface area contributed by atoms with E-state index in [0.29, 0.717) is 24.3 Å². The van der Waals surface area contributed by atoms with Crippen LogP contribution in [0.1, 0.15) is 72.8 Å². The van der Waals surface area contributed by atoms with Gasteiger partial charge in [-0.15, -0.1) is 0 Å². The molecule has 8 atom stereocenters. The Morgan fingerprint density at radius 1 is 1.26 bits per heavy atom. The van der Waals surface area contributed by atoms with Crippen molar-refractivity contribution in [2.75, 3.05) is 33.2 Å². The van der Waals surface area contributed by atoms with E-state index in [1.54, 1.807) is 52.1 Å². The Bertz CT molecular complexity index is 1630. The van der Waals surface area contributed by atoms with Gasteiger partial charge in [0.2, 0.25) is 11.8 Å². The molecule has 14 nitrogen and oxygen atoms in total. The number of likely N-dealkylation sites (N-methyl/N-ethyl adjacent to an activating group) is 1. The van der Waals surface area contributed by atoms with Crippen LogP contribution in [0.15, 0.2) is 35.9 Å². The fourth-order valence-electron chi connectivity index (χ4n) is 6.81. The molecule has 1 aromatic carbocycles. The average molecular weight is 798 g/mol. The number of benzene rings is 1. The van der Waals surface area contributed by atoms with Crippen LogP contribution in [0.25, 0.3) is 0 Å². The van der Waals surface area contributed by atoms with Gasteiger partial charge in [0.25, 0.3) is 0 Å². The van der Waals surface area contributed by atoms with Gasteiger partial charge in [-0.3, -0.25) is 14.9 Å². The van der Waals surface area contributed by atoms with Crippen LogP contribution in [-0.4, -0.2) is 114 Å². The van der Waals surface area contributed by atoms with Crippen LogP contribution in [0.2, 0.25) is 5.02 Å². The molecule has 0 saturated carbocycles. The molecule has 2 saturated heterocycles. The third kappa shape index (κ3) is 10.3. The zero-order valence-electron chi connectivity index (χ0n) is 32.7. The molecule has 0 aromatic heterocycles. The number of ether oxygens (including phenoxy) is 5. The third-order valence-electron chi connectivity index (χ3n) is 10.5. The second-order valence-corrected chi connectivity index (χ2v) is 16.8. The molecule has 0 unspecified atom stereocenters. The van der Waals surface area contributed by atoms with Gasteiger partial charge in [0.1, 0.15) is 40.7 Å². The van der Waals surface area contributed by atoms with Crippen molar-refractivity contribution in [1.29, 1.82) is 0 Å². The molecule has 0 radical (unpaired) electrons. The molecule has 0 aliphatic carbocycles. The Morgan fingerprint density at radius 2 is 1.93 bits per heavy atom. The summed E-state index contributed by atoms with van der Waals surface area (Å²) < 4.78 is 28.8. The summed E-state index contributed by atoms with van der Waals surface area (Å²) in [5.41, 5.74) is -0.916. The third-order valence-corrected chi connectivity index (χ3v) is 11.1. The molecule has 2 fully saturated rings. The van der Waals surface area contributed by atoms with Gasteiger partial charge in [0.15, 0.2) is 5.72 Å². The number of carbonyl (C=O) groups excluding carboxylic acids is 4. The summed E-state index contributed by atoms with van der Waals surface area (Å²) in [5.74, 6) is -1.58. The molecule has 3 heterocycles. The Kier molecular flexibility index (Phi) is 14.7. The summed E-state index contributed by atoms with van der Waals surface area (Å²) in [7, 11) is 6.02. The SMILES string of the molecule is COc1cc2cc(c1Cl)N(C)C(=O)C[C@H](OC(=O)[C@H](C)N(C)C(=O)CCC(C)(C)S)[C@]1(C)O[C@H]1[C@H](C)[C@@H]1C[C@@](O)(NC(=O)O1)[C@H](OC)/C=C\C=C(\C)C2.O. The lowest BCUT2D eigenvalue weighted by atomic mass is 9.83. The monoisotopic (exact) mass is 797 g/mol. The topological polar surface area (TPSA) is 188 Å². The number of nitrogens with zero attached hydrogens (tertiary/aromatic N) is 2. The van der Waals surface area contributed by atoms with Crippen molar-refractivity contribution in [1.82, 2.24) is 10.2 Å². The number of halogens is 1. The number of carbonyl (C=O) groups is 4. The van der Waals surface area contributed by atoms with Crippen LogP contribution in [0.3, 0.4) is 0 Å². The fourth-order valence-corrected chi connectivity index (χ4v) is 7.23. The number of hydrogen-bond donors (Lipinski definition) is 3. The number of anilines is 1. The first-order valence-electron chi connectivity index (χ1n) is 17.7. The van der Waals surface area contributed by atoms with E-state index in [1.807, 2.05) is 26.8 Å². The molecule has 1 aromatic rings. The number of rotatable bonds is 8. The van der Waals surface area contributed by atoms with E-state index in [-0.39, 0.29) is 40.4 Å². The van der Waals surface area contributed by atoms with E-state index in [1.165, 1.54) is 31.1 Å². The summed E-state index contributed by atoms with van der Waals surface area (Å²) in [6.07, 6.45) is 1.61. The highest BCUT2D eigenvalue weighted by Gasteiger charge is 2.64. The molecular weight excluding hydrogens is 742 g/mol. The quantitative estimate of drug-likeness (QED) is 0.196. The number of thiol groups is 1.